The molecular weight excluding hydrogens is 314 g/mol. The summed E-state index contributed by atoms with van der Waals surface area (Å²) >= 11 is 0. The number of nitrogens with one attached hydrogen (secondary N) is 1. The van der Waals surface area contributed by atoms with Crippen molar-refractivity contribution in [3.63, 3.8) is 0 Å². The van der Waals surface area contributed by atoms with E-state index < -0.39 is 0 Å². The number of carbonyl (C=O) groups is 2. The Balaban J connectivity index is 1.61. The number of ether oxygens (including phenoxy) is 3. The molecule has 2 saturated heterocycles. The van der Waals surface area contributed by atoms with Gasteiger partial charge in [0.25, 0.3) is 0 Å². The lowest BCUT2D eigenvalue weighted by molar-refractivity contribution is 0.127. The Morgan fingerprint density at radius 3 is 2.67 bits per heavy atom. The zero-order chi connectivity index (χ0) is 17.1. The number of nitrogens with zero attached hydrogens (tertiary/aromatic N) is 2. The summed E-state index contributed by atoms with van der Waals surface area (Å²) in [6, 6.07) is 5.24. The Kier molecular flexibility index (Phi) is 4.64. The molecule has 2 heterocycles. The summed E-state index contributed by atoms with van der Waals surface area (Å²) < 4.78 is 15.7. The number of benzene rings is 1. The van der Waals surface area contributed by atoms with Crippen molar-refractivity contribution in [1.29, 1.82) is 0 Å². The molecule has 0 spiro atoms. The molecule has 0 aromatic heterocycles. The summed E-state index contributed by atoms with van der Waals surface area (Å²) in [6.45, 7) is 2.09. The van der Waals surface area contributed by atoms with E-state index in [9.17, 15) is 9.59 Å². The number of rotatable bonds is 4. The average Bonchev–Trinajstić information content (AvgIpc) is 2.99. The van der Waals surface area contributed by atoms with Gasteiger partial charge in [0.05, 0.1) is 32.4 Å². The van der Waals surface area contributed by atoms with Crippen LogP contribution in [0.3, 0.4) is 0 Å². The largest absolute Gasteiger partial charge is 0.496 e. The van der Waals surface area contributed by atoms with Crippen LogP contribution in [0.2, 0.25) is 0 Å². The Hall–Kier alpha value is -2.64. The van der Waals surface area contributed by atoms with E-state index in [-0.39, 0.29) is 18.2 Å². The second-order valence-corrected chi connectivity index (χ2v) is 5.67. The summed E-state index contributed by atoms with van der Waals surface area (Å²) in [5.41, 5.74) is 0.786. The number of amides is 3. The van der Waals surface area contributed by atoms with Crippen molar-refractivity contribution >= 4 is 12.1 Å². The predicted molar refractivity (Wildman–Crippen MR) is 85.2 cm³/mol. The van der Waals surface area contributed by atoms with Crippen molar-refractivity contribution in [3.8, 4) is 11.5 Å². The highest BCUT2D eigenvalue weighted by Gasteiger charge is 2.38. The van der Waals surface area contributed by atoms with Crippen LogP contribution in [0.5, 0.6) is 11.5 Å². The molecule has 0 aliphatic carbocycles. The zero-order valence-electron chi connectivity index (χ0n) is 13.8. The third kappa shape index (κ3) is 3.04. The van der Waals surface area contributed by atoms with Gasteiger partial charge in [-0.15, -0.1) is 0 Å². The summed E-state index contributed by atoms with van der Waals surface area (Å²) in [6.07, 6.45) is -0.293. The Bertz CT molecular complexity index is 614. The normalized spacial score (nSPS) is 19.6. The van der Waals surface area contributed by atoms with E-state index in [1.165, 1.54) is 0 Å². The van der Waals surface area contributed by atoms with Gasteiger partial charge in [0, 0.05) is 19.6 Å². The van der Waals surface area contributed by atoms with E-state index in [4.69, 9.17) is 14.2 Å². The van der Waals surface area contributed by atoms with Gasteiger partial charge < -0.3 is 24.4 Å². The molecule has 3 amide bonds. The smallest absolute Gasteiger partial charge is 0.410 e. The van der Waals surface area contributed by atoms with Crippen LogP contribution in [0.25, 0.3) is 0 Å². The maximum Gasteiger partial charge on any atom is 0.410 e. The predicted octanol–water partition coefficient (Wildman–Crippen LogP) is 1.05. The molecule has 2 aliphatic heterocycles. The van der Waals surface area contributed by atoms with Crippen LogP contribution in [-0.2, 0) is 11.3 Å². The van der Waals surface area contributed by atoms with Crippen molar-refractivity contribution in [1.82, 2.24) is 15.1 Å². The first-order valence-corrected chi connectivity index (χ1v) is 7.80. The topological polar surface area (TPSA) is 80.3 Å². The molecule has 1 aromatic carbocycles. The molecular formula is C16H21N3O5. The number of carbonyl (C=O) groups excluding carboxylic acids is 2. The van der Waals surface area contributed by atoms with Gasteiger partial charge in [0.1, 0.15) is 18.1 Å². The van der Waals surface area contributed by atoms with Crippen LogP contribution < -0.4 is 14.8 Å². The van der Waals surface area contributed by atoms with Gasteiger partial charge in [-0.1, -0.05) is 6.07 Å². The minimum absolute atomic E-state index is 0.0576. The minimum atomic E-state index is -0.293. The second-order valence-electron chi connectivity index (χ2n) is 5.67. The molecule has 0 unspecified atom stereocenters. The highest BCUT2D eigenvalue weighted by molar-refractivity contribution is 5.76. The number of hydrogen-bond donors (Lipinski definition) is 1. The van der Waals surface area contributed by atoms with Gasteiger partial charge >= 0.3 is 12.1 Å². The van der Waals surface area contributed by atoms with Gasteiger partial charge in [0.2, 0.25) is 0 Å². The highest BCUT2D eigenvalue weighted by Crippen LogP contribution is 2.28. The maximum absolute atomic E-state index is 12.4. The number of urea groups is 1. The molecule has 0 bridgehead atoms. The van der Waals surface area contributed by atoms with E-state index in [0.717, 1.165) is 5.56 Å². The van der Waals surface area contributed by atoms with Gasteiger partial charge in [-0.3, -0.25) is 4.90 Å². The van der Waals surface area contributed by atoms with E-state index in [1.54, 1.807) is 24.0 Å². The van der Waals surface area contributed by atoms with Gasteiger partial charge in [-0.05, 0) is 12.1 Å². The first-order chi connectivity index (χ1) is 11.6. The standard InChI is InChI=1S/C16H21N3O5/c1-22-13-4-3-5-14(23-2)12(13)8-17-15(20)18-6-7-19-11(9-18)10-24-16(19)21/h3-5,11H,6-10H2,1-2H3,(H,17,20)/t11-/m0/s1. The van der Waals surface area contributed by atoms with Crippen LogP contribution in [0.1, 0.15) is 5.56 Å². The average molecular weight is 335 g/mol. The first-order valence-electron chi connectivity index (χ1n) is 7.80. The van der Waals surface area contributed by atoms with Crippen LogP contribution in [0, 0.1) is 0 Å². The number of methoxy groups -OCH3 is 2. The first kappa shape index (κ1) is 16.2. The lowest BCUT2D eigenvalue weighted by atomic mass is 10.1. The van der Waals surface area contributed by atoms with Crippen molar-refractivity contribution in [2.24, 2.45) is 0 Å². The molecule has 1 aromatic rings. The van der Waals surface area contributed by atoms with Gasteiger partial charge in [-0.2, -0.15) is 0 Å². The second kappa shape index (κ2) is 6.86. The number of cyclic esters (lactones) is 1. The Morgan fingerprint density at radius 2 is 2.00 bits per heavy atom. The fraction of sp³-hybridized carbons (Fsp3) is 0.500. The molecule has 2 fully saturated rings. The van der Waals surface area contributed by atoms with E-state index in [1.807, 2.05) is 18.2 Å². The number of piperazine rings is 1. The number of fused-ring (bicyclic) bond motifs is 1. The monoisotopic (exact) mass is 335 g/mol. The molecule has 2 aliphatic rings. The molecule has 1 N–H and O–H groups in total. The lowest BCUT2D eigenvalue weighted by Crippen LogP contribution is -2.55. The molecule has 0 radical (unpaired) electrons. The fourth-order valence-electron chi connectivity index (χ4n) is 3.05. The molecule has 130 valence electrons. The summed E-state index contributed by atoms with van der Waals surface area (Å²) in [4.78, 5) is 27.3. The van der Waals surface area contributed by atoms with Crippen molar-refractivity contribution in [2.45, 2.75) is 12.6 Å². The minimum Gasteiger partial charge on any atom is -0.496 e. The summed E-state index contributed by atoms with van der Waals surface area (Å²) in [7, 11) is 3.16. The van der Waals surface area contributed by atoms with Crippen molar-refractivity contribution in [3.05, 3.63) is 23.8 Å². The van der Waals surface area contributed by atoms with Gasteiger partial charge in [-0.25, -0.2) is 9.59 Å². The summed E-state index contributed by atoms with van der Waals surface area (Å²) in [5.74, 6) is 1.32. The molecule has 0 saturated carbocycles. The Morgan fingerprint density at radius 1 is 1.29 bits per heavy atom. The molecule has 1 atom stereocenters. The van der Waals surface area contributed by atoms with Gasteiger partial charge in [0.15, 0.2) is 0 Å². The van der Waals surface area contributed by atoms with E-state index >= 15 is 0 Å². The molecule has 24 heavy (non-hydrogen) atoms. The third-order valence-electron chi connectivity index (χ3n) is 4.35. The third-order valence-corrected chi connectivity index (χ3v) is 4.35. The van der Waals surface area contributed by atoms with Crippen LogP contribution >= 0.6 is 0 Å². The summed E-state index contributed by atoms with van der Waals surface area (Å²) in [5, 5.41) is 2.89. The maximum atomic E-state index is 12.4. The SMILES string of the molecule is COc1cccc(OC)c1CNC(=O)N1CCN2C(=O)OC[C@@H]2C1. The van der Waals surface area contributed by atoms with E-state index in [0.29, 0.717) is 44.3 Å². The molecule has 8 heteroatoms. The quantitative estimate of drug-likeness (QED) is 0.890. The van der Waals surface area contributed by atoms with Crippen molar-refractivity contribution in [2.75, 3.05) is 40.5 Å². The van der Waals surface area contributed by atoms with Crippen LogP contribution in [-0.4, -0.2) is 68.4 Å². The molecule has 3 rings (SSSR count). The van der Waals surface area contributed by atoms with Crippen LogP contribution in [0.4, 0.5) is 9.59 Å². The fourth-order valence-corrected chi connectivity index (χ4v) is 3.05. The highest BCUT2D eigenvalue weighted by atomic mass is 16.6. The lowest BCUT2D eigenvalue weighted by Gasteiger charge is -2.35. The van der Waals surface area contributed by atoms with Crippen molar-refractivity contribution < 1.29 is 23.8 Å². The zero-order valence-corrected chi connectivity index (χ0v) is 13.8. The Labute approximate surface area is 140 Å². The van der Waals surface area contributed by atoms with Crippen LogP contribution in [0.15, 0.2) is 18.2 Å². The number of hydrogen-bond acceptors (Lipinski definition) is 5. The molecule has 8 nitrogen and oxygen atoms in total. The van der Waals surface area contributed by atoms with E-state index in [2.05, 4.69) is 5.32 Å².